The van der Waals surface area contributed by atoms with Crippen LogP contribution in [-0.4, -0.2) is 11.0 Å². The van der Waals surface area contributed by atoms with E-state index in [1.807, 2.05) is 13.0 Å². The molecule has 0 bridgehead atoms. The van der Waals surface area contributed by atoms with Crippen LogP contribution in [0.25, 0.3) is 0 Å². The number of aryl methyl sites for hydroxylation is 1. The van der Waals surface area contributed by atoms with Crippen molar-refractivity contribution in [3.8, 4) is 0 Å². The molecule has 1 aliphatic carbocycles. The second kappa shape index (κ2) is 4.91. The normalized spacial score (nSPS) is 21.8. The fourth-order valence-corrected chi connectivity index (χ4v) is 2.42. The summed E-state index contributed by atoms with van der Waals surface area (Å²) in [6.07, 6.45) is 1.25. The molecule has 2 heteroatoms. The Morgan fingerprint density at radius 1 is 1.11 bits per heavy atom. The summed E-state index contributed by atoms with van der Waals surface area (Å²) in [5.41, 5.74) is 3.67. The first-order chi connectivity index (χ1) is 8.83. The lowest BCUT2D eigenvalue weighted by Crippen LogP contribution is -2.18. The first-order valence-electron chi connectivity index (χ1n) is 6.54. The van der Waals surface area contributed by atoms with E-state index < -0.39 is 0 Å². The predicted octanol–water partition coefficient (Wildman–Crippen LogP) is 3.04. The van der Waals surface area contributed by atoms with E-state index in [4.69, 9.17) is 0 Å². The van der Waals surface area contributed by atoms with E-state index in [0.29, 0.717) is 12.0 Å². The molecule has 3 rings (SSSR count). The van der Waals surface area contributed by atoms with Crippen LogP contribution in [0.1, 0.15) is 29.3 Å². The SMILES string of the molecule is Cc1cccc(CNC2CC2c2ccccc2)n1. The van der Waals surface area contributed by atoms with Gasteiger partial charge in [-0.15, -0.1) is 0 Å². The summed E-state index contributed by atoms with van der Waals surface area (Å²) in [4.78, 5) is 4.51. The summed E-state index contributed by atoms with van der Waals surface area (Å²) in [6.45, 7) is 2.91. The highest BCUT2D eigenvalue weighted by atomic mass is 15.0. The van der Waals surface area contributed by atoms with Gasteiger partial charge in [-0.2, -0.15) is 0 Å². The molecule has 0 aliphatic heterocycles. The molecule has 92 valence electrons. The first kappa shape index (κ1) is 11.4. The number of hydrogen-bond donors (Lipinski definition) is 1. The van der Waals surface area contributed by atoms with Crippen molar-refractivity contribution in [3.63, 3.8) is 0 Å². The zero-order valence-corrected chi connectivity index (χ0v) is 10.6. The highest BCUT2D eigenvalue weighted by molar-refractivity contribution is 5.27. The highest BCUT2D eigenvalue weighted by Gasteiger charge is 2.37. The molecule has 2 aromatic rings. The number of nitrogens with one attached hydrogen (secondary N) is 1. The zero-order chi connectivity index (χ0) is 12.4. The molecule has 1 aromatic carbocycles. The van der Waals surface area contributed by atoms with E-state index in [1.54, 1.807) is 0 Å². The van der Waals surface area contributed by atoms with Gasteiger partial charge in [-0.25, -0.2) is 0 Å². The van der Waals surface area contributed by atoms with Crippen molar-refractivity contribution in [3.05, 3.63) is 65.5 Å². The van der Waals surface area contributed by atoms with Crippen molar-refractivity contribution in [1.29, 1.82) is 0 Å². The van der Waals surface area contributed by atoms with Gasteiger partial charge in [-0.1, -0.05) is 36.4 Å². The third-order valence-electron chi connectivity index (χ3n) is 3.51. The van der Waals surface area contributed by atoms with E-state index >= 15 is 0 Å². The van der Waals surface area contributed by atoms with Crippen molar-refractivity contribution in [1.82, 2.24) is 10.3 Å². The Morgan fingerprint density at radius 3 is 2.72 bits per heavy atom. The van der Waals surface area contributed by atoms with Crippen molar-refractivity contribution >= 4 is 0 Å². The molecule has 2 atom stereocenters. The summed E-state index contributed by atoms with van der Waals surface area (Å²) in [7, 11) is 0. The fraction of sp³-hybridized carbons (Fsp3) is 0.312. The molecule has 0 amide bonds. The van der Waals surface area contributed by atoms with Gasteiger partial charge in [0.05, 0.1) is 5.69 Å². The molecular weight excluding hydrogens is 220 g/mol. The predicted molar refractivity (Wildman–Crippen MR) is 73.4 cm³/mol. The first-order valence-corrected chi connectivity index (χ1v) is 6.54. The van der Waals surface area contributed by atoms with Gasteiger partial charge in [0, 0.05) is 24.2 Å². The molecule has 1 heterocycles. The van der Waals surface area contributed by atoms with E-state index in [0.717, 1.165) is 17.9 Å². The molecule has 1 fully saturated rings. The van der Waals surface area contributed by atoms with Crippen LogP contribution in [-0.2, 0) is 6.54 Å². The molecule has 1 aliphatic rings. The number of nitrogens with zero attached hydrogens (tertiary/aromatic N) is 1. The van der Waals surface area contributed by atoms with Crippen molar-refractivity contribution in [2.24, 2.45) is 0 Å². The van der Waals surface area contributed by atoms with Crippen LogP contribution >= 0.6 is 0 Å². The molecule has 1 saturated carbocycles. The Bertz CT molecular complexity index is 522. The van der Waals surface area contributed by atoms with E-state index in [1.165, 1.54) is 12.0 Å². The third kappa shape index (κ3) is 2.59. The minimum absolute atomic E-state index is 0.620. The average Bonchev–Trinajstić information content (AvgIpc) is 3.17. The molecule has 0 spiro atoms. The van der Waals surface area contributed by atoms with Crippen LogP contribution in [0.15, 0.2) is 48.5 Å². The largest absolute Gasteiger partial charge is 0.308 e. The smallest absolute Gasteiger partial charge is 0.0544 e. The topological polar surface area (TPSA) is 24.9 Å². The maximum atomic E-state index is 4.51. The standard InChI is InChI=1S/C16H18N2/c1-12-6-5-9-14(18-12)11-17-16-10-15(16)13-7-3-2-4-8-13/h2-9,15-17H,10-11H2,1H3. The number of pyridine rings is 1. The zero-order valence-electron chi connectivity index (χ0n) is 10.6. The minimum Gasteiger partial charge on any atom is -0.308 e. The monoisotopic (exact) mass is 238 g/mol. The maximum absolute atomic E-state index is 4.51. The molecule has 2 unspecified atom stereocenters. The van der Waals surface area contributed by atoms with Crippen molar-refractivity contribution < 1.29 is 0 Å². The second-order valence-corrected chi connectivity index (χ2v) is 5.01. The van der Waals surface area contributed by atoms with Crippen LogP contribution < -0.4 is 5.32 Å². The van der Waals surface area contributed by atoms with Gasteiger partial charge < -0.3 is 5.32 Å². The summed E-state index contributed by atoms with van der Waals surface area (Å²) in [5, 5.41) is 3.59. The lowest BCUT2D eigenvalue weighted by Gasteiger charge is -2.04. The number of rotatable bonds is 4. The maximum Gasteiger partial charge on any atom is 0.0544 e. The fourth-order valence-electron chi connectivity index (χ4n) is 2.42. The Balaban J connectivity index is 1.55. The average molecular weight is 238 g/mol. The molecule has 0 radical (unpaired) electrons. The Labute approximate surface area is 108 Å². The lowest BCUT2D eigenvalue weighted by atomic mass is 10.1. The van der Waals surface area contributed by atoms with Gasteiger partial charge in [0.2, 0.25) is 0 Å². The number of hydrogen-bond acceptors (Lipinski definition) is 2. The van der Waals surface area contributed by atoms with Gasteiger partial charge in [0.1, 0.15) is 0 Å². The van der Waals surface area contributed by atoms with Crippen molar-refractivity contribution in [2.75, 3.05) is 0 Å². The molecule has 18 heavy (non-hydrogen) atoms. The van der Waals surface area contributed by atoms with Gasteiger partial charge >= 0.3 is 0 Å². The summed E-state index contributed by atoms with van der Waals surface area (Å²) in [5.74, 6) is 0.691. The number of benzene rings is 1. The third-order valence-corrected chi connectivity index (χ3v) is 3.51. The second-order valence-electron chi connectivity index (χ2n) is 5.01. The lowest BCUT2D eigenvalue weighted by molar-refractivity contribution is 0.659. The molecule has 1 N–H and O–H groups in total. The van der Waals surface area contributed by atoms with Gasteiger partial charge in [0.15, 0.2) is 0 Å². The quantitative estimate of drug-likeness (QED) is 0.885. The summed E-state index contributed by atoms with van der Waals surface area (Å²) < 4.78 is 0. The molecule has 1 aromatic heterocycles. The Kier molecular flexibility index (Phi) is 3.11. The Morgan fingerprint density at radius 2 is 1.94 bits per heavy atom. The van der Waals surface area contributed by atoms with Gasteiger partial charge in [-0.3, -0.25) is 4.98 Å². The highest BCUT2D eigenvalue weighted by Crippen LogP contribution is 2.40. The Hall–Kier alpha value is -1.67. The van der Waals surface area contributed by atoms with Crippen molar-refractivity contribution in [2.45, 2.75) is 31.8 Å². The van der Waals surface area contributed by atoms with Crippen LogP contribution in [0.3, 0.4) is 0 Å². The molecule has 2 nitrogen and oxygen atoms in total. The van der Waals surface area contributed by atoms with E-state index in [-0.39, 0.29) is 0 Å². The van der Waals surface area contributed by atoms with Crippen LogP contribution in [0.5, 0.6) is 0 Å². The van der Waals surface area contributed by atoms with Crippen LogP contribution in [0.2, 0.25) is 0 Å². The molecular formula is C16H18N2. The summed E-state index contributed by atoms with van der Waals surface area (Å²) >= 11 is 0. The van der Waals surface area contributed by atoms with Crippen LogP contribution in [0.4, 0.5) is 0 Å². The molecule has 0 saturated heterocycles. The van der Waals surface area contributed by atoms with E-state index in [9.17, 15) is 0 Å². The van der Waals surface area contributed by atoms with Gasteiger partial charge in [0.25, 0.3) is 0 Å². The van der Waals surface area contributed by atoms with E-state index in [2.05, 4.69) is 52.8 Å². The summed E-state index contributed by atoms with van der Waals surface area (Å²) in [6, 6.07) is 17.6. The minimum atomic E-state index is 0.620. The van der Waals surface area contributed by atoms with Crippen LogP contribution in [0, 0.1) is 6.92 Å². The van der Waals surface area contributed by atoms with Gasteiger partial charge in [-0.05, 0) is 31.0 Å². The number of aromatic nitrogens is 1.